The molecule has 0 amide bonds. The third-order valence-corrected chi connectivity index (χ3v) is 2.75. The van der Waals surface area contributed by atoms with Crippen LogP contribution in [0.5, 0.6) is 0 Å². The smallest absolute Gasteiger partial charge is 0.00743 e. The van der Waals surface area contributed by atoms with Gasteiger partial charge >= 0.3 is 0 Å². The molecule has 1 nitrogen and oxygen atoms in total. The Balaban J connectivity index is 3.30. The van der Waals surface area contributed by atoms with Gasteiger partial charge in [0.2, 0.25) is 0 Å². The largest absolute Gasteiger partial charge is 0.330 e. The summed E-state index contributed by atoms with van der Waals surface area (Å²) in [7, 11) is 0. The second-order valence-electron chi connectivity index (χ2n) is 4.62. The summed E-state index contributed by atoms with van der Waals surface area (Å²) in [5.41, 5.74) is 5.43. The van der Waals surface area contributed by atoms with Crippen LogP contribution in [0.25, 0.3) is 0 Å². The van der Waals surface area contributed by atoms with Crippen LogP contribution in [0.1, 0.15) is 58.3 Å². The molecule has 0 rings (SSSR count). The third kappa shape index (κ3) is 16.9. The molecule has 0 spiro atoms. The first-order valence-corrected chi connectivity index (χ1v) is 7.71. The predicted molar refractivity (Wildman–Crippen MR) is 88.2 cm³/mol. The molecule has 0 aromatic carbocycles. The number of nitrogens with two attached hydrogens (primary N) is 1. The highest BCUT2D eigenvalue weighted by atomic mass is 14.5. The molecule has 0 atom stereocenters. The SMILES string of the molecule is CC/C=C/C/C=C/CC/C=C/CC/C=C/CCCN. The van der Waals surface area contributed by atoms with E-state index in [4.69, 9.17) is 5.73 Å². The molecule has 0 aliphatic heterocycles. The van der Waals surface area contributed by atoms with E-state index in [1.54, 1.807) is 0 Å². The molecule has 2 N–H and O–H groups in total. The molecular formula is C18H31N. The van der Waals surface area contributed by atoms with E-state index in [0.29, 0.717) is 0 Å². The van der Waals surface area contributed by atoms with Crippen molar-refractivity contribution in [1.29, 1.82) is 0 Å². The minimum absolute atomic E-state index is 0.798. The highest BCUT2D eigenvalue weighted by molar-refractivity contribution is 4.94. The molecule has 0 aliphatic carbocycles. The fourth-order valence-electron chi connectivity index (χ4n) is 1.65. The van der Waals surface area contributed by atoms with E-state index >= 15 is 0 Å². The lowest BCUT2D eigenvalue weighted by molar-refractivity contribution is 0.850. The predicted octanol–water partition coefficient (Wildman–Crippen LogP) is 5.31. The minimum Gasteiger partial charge on any atom is -0.330 e. The number of hydrogen-bond acceptors (Lipinski definition) is 1. The fraction of sp³-hybridized carbons (Fsp3) is 0.556. The van der Waals surface area contributed by atoms with Crippen LogP contribution in [0.2, 0.25) is 0 Å². The standard InChI is InChI=1S/C18H31N/c1-2-3-4-5-6-7-8-9-10-11-12-13-14-15-16-17-18-19/h3-4,6-7,10-11,14-15H,2,5,8-9,12-13,16-19H2,1H3/b4-3+,7-6+,11-10+,15-14+. The van der Waals surface area contributed by atoms with Crippen molar-refractivity contribution in [2.24, 2.45) is 5.73 Å². The Bertz CT molecular complexity index is 271. The van der Waals surface area contributed by atoms with Gasteiger partial charge in [-0.25, -0.2) is 0 Å². The van der Waals surface area contributed by atoms with Gasteiger partial charge in [-0.2, -0.15) is 0 Å². The Hall–Kier alpha value is -1.08. The van der Waals surface area contributed by atoms with E-state index in [-0.39, 0.29) is 0 Å². The zero-order valence-corrected chi connectivity index (χ0v) is 12.6. The van der Waals surface area contributed by atoms with E-state index in [9.17, 15) is 0 Å². The molecule has 19 heavy (non-hydrogen) atoms. The second-order valence-corrected chi connectivity index (χ2v) is 4.62. The van der Waals surface area contributed by atoms with E-state index in [1.165, 1.54) is 0 Å². The van der Waals surface area contributed by atoms with Crippen molar-refractivity contribution < 1.29 is 0 Å². The van der Waals surface area contributed by atoms with E-state index in [1.807, 2.05) is 0 Å². The summed E-state index contributed by atoms with van der Waals surface area (Å²) in [6, 6.07) is 0. The molecule has 0 fully saturated rings. The first-order chi connectivity index (χ1) is 9.41. The van der Waals surface area contributed by atoms with Crippen LogP contribution in [0, 0.1) is 0 Å². The van der Waals surface area contributed by atoms with Gasteiger partial charge in [0.1, 0.15) is 0 Å². The highest BCUT2D eigenvalue weighted by Gasteiger charge is 1.80. The van der Waals surface area contributed by atoms with Gasteiger partial charge in [0.15, 0.2) is 0 Å². The molecule has 0 heterocycles. The van der Waals surface area contributed by atoms with Crippen molar-refractivity contribution in [1.82, 2.24) is 0 Å². The highest BCUT2D eigenvalue weighted by Crippen LogP contribution is 2.00. The van der Waals surface area contributed by atoms with Crippen molar-refractivity contribution in [3.05, 3.63) is 48.6 Å². The Morgan fingerprint density at radius 2 is 1.11 bits per heavy atom. The molecule has 0 bridgehead atoms. The van der Waals surface area contributed by atoms with Gasteiger partial charge < -0.3 is 5.73 Å². The maximum absolute atomic E-state index is 5.43. The Labute approximate surface area is 120 Å². The van der Waals surface area contributed by atoms with Crippen LogP contribution >= 0.6 is 0 Å². The van der Waals surface area contributed by atoms with E-state index in [2.05, 4.69) is 55.5 Å². The summed E-state index contributed by atoms with van der Waals surface area (Å²) in [5.74, 6) is 0. The molecular weight excluding hydrogens is 230 g/mol. The van der Waals surface area contributed by atoms with Gasteiger partial charge in [-0.15, -0.1) is 0 Å². The average Bonchev–Trinajstić information content (AvgIpc) is 2.43. The lowest BCUT2D eigenvalue weighted by Gasteiger charge is -1.90. The third-order valence-electron chi connectivity index (χ3n) is 2.75. The van der Waals surface area contributed by atoms with Crippen molar-refractivity contribution in [2.45, 2.75) is 58.3 Å². The molecule has 0 unspecified atom stereocenters. The normalized spacial score (nSPS) is 12.7. The van der Waals surface area contributed by atoms with E-state index < -0.39 is 0 Å². The number of hydrogen-bond donors (Lipinski definition) is 1. The lowest BCUT2D eigenvalue weighted by Crippen LogP contribution is -1.96. The van der Waals surface area contributed by atoms with Crippen LogP contribution in [-0.4, -0.2) is 6.54 Å². The molecule has 0 saturated heterocycles. The monoisotopic (exact) mass is 261 g/mol. The molecule has 0 aromatic rings. The van der Waals surface area contributed by atoms with Crippen molar-refractivity contribution in [3.63, 3.8) is 0 Å². The molecule has 1 heteroatoms. The molecule has 108 valence electrons. The Morgan fingerprint density at radius 1 is 0.632 bits per heavy atom. The van der Waals surface area contributed by atoms with Gasteiger partial charge in [-0.1, -0.05) is 55.5 Å². The number of rotatable bonds is 12. The van der Waals surface area contributed by atoms with Crippen molar-refractivity contribution in [3.8, 4) is 0 Å². The first-order valence-electron chi connectivity index (χ1n) is 7.71. The van der Waals surface area contributed by atoms with E-state index in [0.717, 1.165) is 57.9 Å². The van der Waals surface area contributed by atoms with Crippen molar-refractivity contribution >= 4 is 0 Å². The van der Waals surface area contributed by atoms with Crippen LogP contribution in [0.3, 0.4) is 0 Å². The van der Waals surface area contributed by atoms with Gasteiger partial charge in [0, 0.05) is 0 Å². The number of unbranched alkanes of at least 4 members (excludes halogenated alkanes) is 3. The molecule has 0 aliphatic rings. The van der Waals surface area contributed by atoms with Crippen LogP contribution in [0.15, 0.2) is 48.6 Å². The fourth-order valence-corrected chi connectivity index (χ4v) is 1.65. The topological polar surface area (TPSA) is 26.0 Å². The quantitative estimate of drug-likeness (QED) is 0.374. The van der Waals surface area contributed by atoms with Gasteiger partial charge in [-0.05, 0) is 57.9 Å². The maximum atomic E-state index is 5.43. The Morgan fingerprint density at radius 3 is 1.63 bits per heavy atom. The van der Waals surface area contributed by atoms with Crippen LogP contribution < -0.4 is 5.73 Å². The lowest BCUT2D eigenvalue weighted by atomic mass is 10.2. The maximum Gasteiger partial charge on any atom is -0.00743 e. The second kappa shape index (κ2) is 16.9. The van der Waals surface area contributed by atoms with Crippen molar-refractivity contribution in [2.75, 3.05) is 6.54 Å². The summed E-state index contributed by atoms with van der Waals surface area (Å²) in [4.78, 5) is 0. The van der Waals surface area contributed by atoms with Crippen LogP contribution in [0.4, 0.5) is 0 Å². The minimum atomic E-state index is 0.798. The van der Waals surface area contributed by atoms with Gasteiger partial charge in [-0.3, -0.25) is 0 Å². The first kappa shape index (κ1) is 17.9. The summed E-state index contributed by atoms with van der Waals surface area (Å²) in [6.07, 6.45) is 27.1. The summed E-state index contributed by atoms with van der Waals surface area (Å²) < 4.78 is 0. The molecule has 0 aromatic heterocycles. The zero-order chi connectivity index (χ0) is 14.0. The average molecular weight is 261 g/mol. The number of allylic oxidation sites excluding steroid dienone is 8. The summed E-state index contributed by atoms with van der Waals surface area (Å²) >= 11 is 0. The van der Waals surface area contributed by atoms with Gasteiger partial charge in [0.05, 0.1) is 0 Å². The Kier molecular flexibility index (Phi) is 16.0. The summed E-state index contributed by atoms with van der Waals surface area (Å²) in [5, 5.41) is 0. The molecule has 0 saturated carbocycles. The van der Waals surface area contributed by atoms with Gasteiger partial charge in [0.25, 0.3) is 0 Å². The molecule has 0 radical (unpaired) electrons. The summed E-state index contributed by atoms with van der Waals surface area (Å²) in [6.45, 7) is 2.96. The van der Waals surface area contributed by atoms with Crippen LogP contribution in [-0.2, 0) is 0 Å². The zero-order valence-electron chi connectivity index (χ0n) is 12.6.